The summed E-state index contributed by atoms with van der Waals surface area (Å²) in [5, 5.41) is 10.3. The van der Waals surface area contributed by atoms with Gasteiger partial charge in [-0.1, -0.05) is 35.3 Å². The predicted octanol–water partition coefficient (Wildman–Crippen LogP) is 4.81. The SMILES string of the molecule is Cn1nc(NCc2cccc(Cl)c2)cc1Cc1c[nH]c2ncc(Cl)cc12. The first kappa shape index (κ1) is 16.9. The summed E-state index contributed by atoms with van der Waals surface area (Å²) in [5.74, 6) is 0.832. The summed E-state index contributed by atoms with van der Waals surface area (Å²) < 4.78 is 1.89. The molecule has 0 atom stereocenters. The van der Waals surface area contributed by atoms with Gasteiger partial charge in [0.2, 0.25) is 0 Å². The average molecular weight is 386 g/mol. The Morgan fingerprint density at radius 2 is 2.04 bits per heavy atom. The summed E-state index contributed by atoms with van der Waals surface area (Å²) >= 11 is 12.1. The number of rotatable bonds is 5. The second-order valence-electron chi connectivity index (χ2n) is 6.17. The molecule has 3 heterocycles. The third kappa shape index (κ3) is 3.54. The lowest BCUT2D eigenvalue weighted by Gasteiger charge is -2.03. The number of halogens is 2. The number of benzene rings is 1. The van der Waals surface area contributed by atoms with Crippen molar-refractivity contribution in [1.29, 1.82) is 0 Å². The van der Waals surface area contributed by atoms with Gasteiger partial charge in [-0.15, -0.1) is 0 Å². The lowest BCUT2D eigenvalue weighted by atomic mass is 10.1. The van der Waals surface area contributed by atoms with Gasteiger partial charge in [-0.3, -0.25) is 4.68 Å². The molecule has 4 rings (SSSR count). The van der Waals surface area contributed by atoms with Gasteiger partial charge in [0.25, 0.3) is 0 Å². The number of anilines is 1. The van der Waals surface area contributed by atoms with Crippen LogP contribution >= 0.6 is 23.2 Å². The molecule has 0 aliphatic heterocycles. The Balaban J connectivity index is 1.52. The molecule has 26 heavy (non-hydrogen) atoms. The van der Waals surface area contributed by atoms with E-state index in [1.165, 1.54) is 0 Å². The first-order valence-electron chi connectivity index (χ1n) is 8.21. The molecule has 0 spiro atoms. The molecule has 4 aromatic rings. The molecule has 0 fully saturated rings. The maximum absolute atomic E-state index is 6.08. The highest BCUT2D eigenvalue weighted by Gasteiger charge is 2.11. The first-order chi connectivity index (χ1) is 12.6. The van der Waals surface area contributed by atoms with Crippen LogP contribution in [-0.2, 0) is 20.0 Å². The van der Waals surface area contributed by atoms with E-state index >= 15 is 0 Å². The van der Waals surface area contributed by atoms with E-state index in [4.69, 9.17) is 23.2 Å². The molecule has 0 saturated heterocycles. The van der Waals surface area contributed by atoms with Crippen LogP contribution in [0.25, 0.3) is 11.0 Å². The molecular weight excluding hydrogens is 369 g/mol. The van der Waals surface area contributed by atoms with Crippen LogP contribution in [0, 0.1) is 0 Å². The number of H-pyrrole nitrogens is 1. The topological polar surface area (TPSA) is 58.5 Å². The van der Waals surface area contributed by atoms with Crippen LogP contribution in [0.4, 0.5) is 5.82 Å². The lowest BCUT2D eigenvalue weighted by Crippen LogP contribution is -2.01. The zero-order valence-corrected chi connectivity index (χ0v) is 15.6. The minimum atomic E-state index is 0.632. The number of nitrogens with zero attached hydrogens (tertiary/aromatic N) is 3. The summed E-state index contributed by atoms with van der Waals surface area (Å²) in [5.41, 5.74) is 4.19. The third-order valence-electron chi connectivity index (χ3n) is 4.29. The molecule has 132 valence electrons. The minimum Gasteiger partial charge on any atom is -0.365 e. The Labute approximate surface area is 161 Å². The van der Waals surface area contributed by atoms with Crippen LogP contribution in [0.2, 0.25) is 10.0 Å². The Hall–Kier alpha value is -2.50. The van der Waals surface area contributed by atoms with Crippen LogP contribution in [0.3, 0.4) is 0 Å². The van der Waals surface area contributed by atoms with Gasteiger partial charge in [0.1, 0.15) is 11.5 Å². The molecule has 0 aliphatic carbocycles. The van der Waals surface area contributed by atoms with Gasteiger partial charge in [-0.05, 0) is 29.3 Å². The normalized spacial score (nSPS) is 11.2. The Morgan fingerprint density at radius 3 is 2.88 bits per heavy atom. The molecular formula is C19H17Cl2N5. The molecule has 0 unspecified atom stereocenters. The van der Waals surface area contributed by atoms with E-state index < -0.39 is 0 Å². The Bertz CT molecular complexity index is 1070. The summed E-state index contributed by atoms with van der Waals surface area (Å²) in [7, 11) is 1.94. The van der Waals surface area contributed by atoms with Crippen molar-refractivity contribution in [3.05, 3.63) is 75.7 Å². The van der Waals surface area contributed by atoms with E-state index in [1.807, 2.05) is 48.3 Å². The summed E-state index contributed by atoms with van der Waals surface area (Å²) in [6.07, 6.45) is 4.36. The number of aromatic amines is 1. The van der Waals surface area contributed by atoms with E-state index in [9.17, 15) is 0 Å². The number of aryl methyl sites for hydroxylation is 1. The maximum atomic E-state index is 6.08. The molecule has 2 N–H and O–H groups in total. The fraction of sp³-hybridized carbons (Fsp3) is 0.158. The van der Waals surface area contributed by atoms with Crippen LogP contribution in [0.5, 0.6) is 0 Å². The first-order valence-corrected chi connectivity index (χ1v) is 8.97. The molecule has 0 radical (unpaired) electrons. The highest BCUT2D eigenvalue weighted by molar-refractivity contribution is 6.31. The van der Waals surface area contributed by atoms with Crippen molar-refractivity contribution in [2.24, 2.45) is 7.05 Å². The summed E-state index contributed by atoms with van der Waals surface area (Å²) in [6.45, 7) is 0.670. The molecule has 3 aromatic heterocycles. The highest BCUT2D eigenvalue weighted by Crippen LogP contribution is 2.23. The number of hydrogen-bond acceptors (Lipinski definition) is 3. The zero-order valence-electron chi connectivity index (χ0n) is 14.1. The van der Waals surface area contributed by atoms with Gasteiger partial charge in [0.15, 0.2) is 0 Å². The highest BCUT2D eigenvalue weighted by atomic mass is 35.5. The predicted molar refractivity (Wildman–Crippen MR) is 106 cm³/mol. The van der Waals surface area contributed by atoms with Crippen LogP contribution in [0.1, 0.15) is 16.8 Å². The summed E-state index contributed by atoms with van der Waals surface area (Å²) in [4.78, 5) is 7.49. The van der Waals surface area contributed by atoms with Gasteiger partial charge < -0.3 is 10.3 Å². The third-order valence-corrected chi connectivity index (χ3v) is 4.74. The quantitative estimate of drug-likeness (QED) is 0.518. The van der Waals surface area contributed by atoms with Crippen LogP contribution in [-0.4, -0.2) is 19.7 Å². The van der Waals surface area contributed by atoms with Crippen molar-refractivity contribution in [3.8, 4) is 0 Å². The molecule has 0 saturated carbocycles. The standard InChI is InChI=1S/C19H17Cl2N5/c1-26-16(6-13-10-23-19-17(13)7-15(21)11-24-19)8-18(25-26)22-9-12-3-2-4-14(20)5-12/h2-5,7-8,10-11H,6,9H2,1H3,(H,22,25)(H,23,24). The Kier molecular flexibility index (Phi) is 4.57. The van der Waals surface area contributed by atoms with Crippen molar-refractivity contribution in [1.82, 2.24) is 19.7 Å². The zero-order chi connectivity index (χ0) is 18.1. The molecule has 0 aliphatic rings. The molecule has 0 bridgehead atoms. The Morgan fingerprint density at radius 1 is 1.15 bits per heavy atom. The number of nitrogens with one attached hydrogen (secondary N) is 2. The van der Waals surface area contributed by atoms with Crippen molar-refractivity contribution < 1.29 is 0 Å². The van der Waals surface area contributed by atoms with Crippen LogP contribution in [0.15, 0.2) is 48.8 Å². The average Bonchev–Trinajstić information content (AvgIpc) is 3.17. The number of aromatic nitrogens is 4. The van der Waals surface area contributed by atoms with Gasteiger partial charge >= 0.3 is 0 Å². The van der Waals surface area contributed by atoms with E-state index in [1.54, 1.807) is 6.20 Å². The van der Waals surface area contributed by atoms with Crippen molar-refractivity contribution in [2.45, 2.75) is 13.0 Å². The maximum Gasteiger partial charge on any atom is 0.148 e. The number of hydrogen-bond donors (Lipinski definition) is 2. The van der Waals surface area contributed by atoms with E-state index in [0.717, 1.165) is 45.1 Å². The van der Waals surface area contributed by atoms with Crippen molar-refractivity contribution >= 4 is 40.1 Å². The number of pyridine rings is 1. The van der Waals surface area contributed by atoms with Crippen LogP contribution < -0.4 is 5.32 Å². The monoisotopic (exact) mass is 385 g/mol. The fourth-order valence-corrected chi connectivity index (χ4v) is 3.34. The molecule has 7 heteroatoms. The van der Waals surface area contributed by atoms with Gasteiger partial charge in [0.05, 0.1) is 5.02 Å². The summed E-state index contributed by atoms with van der Waals surface area (Å²) in [6, 6.07) is 11.8. The largest absolute Gasteiger partial charge is 0.365 e. The van der Waals surface area contributed by atoms with Gasteiger partial charge in [-0.2, -0.15) is 5.10 Å². The van der Waals surface area contributed by atoms with Gasteiger partial charge in [0, 0.05) is 54.6 Å². The molecule has 0 amide bonds. The van der Waals surface area contributed by atoms with E-state index in [2.05, 4.69) is 26.4 Å². The smallest absolute Gasteiger partial charge is 0.148 e. The lowest BCUT2D eigenvalue weighted by molar-refractivity contribution is 0.726. The van der Waals surface area contributed by atoms with E-state index in [-0.39, 0.29) is 0 Å². The van der Waals surface area contributed by atoms with Crippen molar-refractivity contribution in [2.75, 3.05) is 5.32 Å². The molecule has 5 nitrogen and oxygen atoms in total. The molecule has 1 aromatic carbocycles. The van der Waals surface area contributed by atoms with Gasteiger partial charge in [-0.25, -0.2) is 4.98 Å². The fourth-order valence-electron chi connectivity index (χ4n) is 2.97. The second kappa shape index (κ2) is 7.02. The second-order valence-corrected chi connectivity index (χ2v) is 7.04. The number of fused-ring (bicyclic) bond motifs is 1. The van der Waals surface area contributed by atoms with E-state index in [0.29, 0.717) is 11.6 Å². The van der Waals surface area contributed by atoms with Crippen molar-refractivity contribution in [3.63, 3.8) is 0 Å². The minimum absolute atomic E-state index is 0.632.